The minimum absolute atomic E-state index is 0.482. The summed E-state index contributed by atoms with van der Waals surface area (Å²) >= 11 is 15.5. The van der Waals surface area contributed by atoms with Crippen molar-refractivity contribution in [3.8, 4) is 11.5 Å². The lowest BCUT2D eigenvalue weighted by Gasteiger charge is -2.12. The minimum Gasteiger partial charge on any atom is -0.454 e. The Morgan fingerprint density at radius 1 is 1.26 bits per heavy atom. The van der Waals surface area contributed by atoms with E-state index in [2.05, 4.69) is 26.2 Å². The van der Waals surface area contributed by atoms with Crippen LogP contribution in [0.4, 0.5) is 0 Å². The molecule has 3 nitrogen and oxygen atoms in total. The van der Waals surface area contributed by atoms with Gasteiger partial charge in [0, 0.05) is 28.8 Å². The van der Waals surface area contributed by atoms with Crippen molar-refractivity contribution in [2.24, 2.45) is 0 Å². The van der Waals surface area contributed by atoms with Gasteiger partial charge in [0.05, 0.1) is 16.2 Å². The molecule has 0 aliphatic heterocycles. The van der Waals surface area contributed by atoms with Crippen molar-refractivity contribution in [2.75, 3.05) is 7.05 Å². The van der Waals surface area contributed by atoms with Crippen molar-refractivity contribution in [3.05, 3.63) is 50.7 Å². The van der Waals surface area contributed by atoms with E-state index in [1.807, 2.05) is 13.1 Å². The minimum atomic E-state index is 0.482. The number of pyridine rings is 1. The van der Waals surface area contributed by atoms with Gasteiger partial charge in [-0.3, -0.25) is 4.98 Å². The number of aromatic nitrogens is 1. The molecule has 19 heavy (non-hydrogen) atoms. The Morgan fingerprint density at radius 3 is 2.79 bits per heavy atom. The molecule has 0 saturated heterocycles. The lowest BCUT2D eigenvalue weighted by Crippen LogP contribution is -2.06. The van der Waals surface area contributed by atoms with Crippen LogP contribution in [-0.4, -0.2) is 12.0 Å². The maximum absolute atomic E-state index is 6.13. The van der Waals surface area contributed by atoms with E-state index in [0.29, 0.717) is 28.1 Å². The van der Waals surface area contributed by atoms with Crippen molar-refractivity contribution in [3.63, 3.8) is 0 Å². The topological polar surface area (TPSA) is 34.2 Å². The summed E-state index contributed by atoms with van der Waals surface area (Å²) in [5.74, 6) is 1.15. The first-order chi connectivity index (χ1) is 9.11. The van der Waals surface area contributed by atoms with Gasteiger partial charge in [-0.1, -0.05) is 23.2 Å². The smallest absolute Gasteiger partial charge is 0.150 e. The van der Waals surface area contributed by atoms with Crippen LogP contribution in [-0.2, 0) is 6.54 Å². The fourth-order valence-electron chi connectivity index (χ4n) is 1.54. The zero-order valence-electron chi connectivity index (χ0n) is 10.1. The number of halogens is 3. The van der Waals surface area contributed by atoms with Crippen molar-refractivity contribution in [2.45, 2.75) is 6.54 Å². The Morgan fingerprint density at radius 2 is 2.05 bits per heavy atom. The molecule has 0 spiro atoms. The van der Waals surface area contributed by atoms with Gasteiger partial charge in [0.2, 0.25) is 0 Å². The zero-order valence-corrected chi connectivity index (χ0v) is 13.2. The molecule has 0 aliphatic rings. The number of nitrogens with one attached hydrogen (secondary N) is 1. The van der Waals surface area contributed by atoms with E-state index >= 15 is 0 Å². The third kappa shape index (κ3) is 3.60. The molecule has 1 aromatic carbocycles. The lowest BCUT2D eigenvalue weighted by molar-refractivity contribution is 0.472. The molecule has 100 valence electrons. The Kier molecular flexibility index (Phi) is 5.05. The summed E-state index contributed by atoms with van der Waals surface area (Å²) in [6, 6.07) is 5.26. The number of nitrogens with zero attached hydrogens (tertiary/aromatic N) is 1. The van der Waals surface area contributed by atoms with Crippen LogP contribution >= 0.6 is 39.1 Å². The van der Waals surface area contributed by atoms with Gasteiger partial charge in [-0.05, 0) is 35.1 Å². The van der Waals surface area contributed by atoms with Gasteiger partial charge >= 0.3 is 0 Å². The van der Waals surface area contributed by atoms with Crippen LogP contribution < -0.4 is 10.1 Å². The summed E-state index contributed by atoms with van der Waals surface area (Å²) in [4.78, 5) is 4.06. The second-order valence-corrected chi connectivity index (χ2v) is 5.48. The lowest BCUT2D eigenvalue weighted by atomic mass is 10.2. The molecule has 0 bridgehead atoms. The van der Waals surface area contributed by atoms with Crippen molar-refractivity contribution < 1.29 is 4.74 Å². The van der Waals surface area contributed by atoms with Crippen molar-refractivity contribution in [1.29, 1.82) is 0 Å². The van der Waals surface area contributed by atoms with Gasteiger partial charge in [0.1, 0.15) is 11.5 Å². The molecular weight excluding hydrogens is 351 g/mol. The van der Waals surface area contributed by atoms with Crippen molar-refractivity contribution >= 4 is 39.1 Å². The van der Waals surface area contributed by atoms with E-state index in [4.69, 9.17) is 27.9 Å². The molecule has 6 heteroatoms. The number of ether oxygens (including phenoxy) is 1. The standard InChI is InChI=1S/C13H11BrCl2N2O/c1-17-6-8-2-3-18-7-13(8)19-12-5-10(15)9(14)4-11(12)16/h2-5,7,17H,6H2,1H3. The average molecular weight is 362 g/mol. The van der Waals surface area contributed by atoms with Gasteiger partial charge in [0.15, 0.2) is 0 Å². The normalized spacial score (nSPS) is 10.5. The van der Waals surface area contributed by atoms with Gasteiger partial charge in [-0.2, -0.15) is 0 Å². The van der Waals surface area contributed by atoms with Crippen LogP contribution in [0.15, 0.2) is 35.1 Å². The Labute approximate surface area is 130 Å². The van der Waals surface area contributed by atoms with E-state index in [-0.39, 0.29) is 0 Å². The molecule has 0 radical (unpaired) electrons. The van der Waals surface area contributed by atoms with Crippen LogP contribution in [0.1, 0.15) is 5.56 Å². The highest BCUT2D eigenvalue weighted by Gasteiger charge is 2.10. The van der Waals surface area contributed by atoms with Crippen molar-refractivity contribution in [1.82, 2.24) is 10.3 Å². The van der Waals surface area contributed by atoms with Crippen LogP contribution in [0.2, 0.25) is 10.0 Å². The van der Waals surface area contributed by atoms with Crippen LogP contribution in [0.3, 0.4) is 0 Å². The molecule has 0 fully saturated rings. The summed E-state index contributed by atoms with van der Waals surface area (Å²) in [5.41, 5.74) is 0.993. The summed E-state index contributed by atoms with van der Waals surface area (Å²) in [5, 5.41) is 4.09. The first-order valence-electron chi connectivity index (χ1n) is 5.51. The number of rotatable bonds is 4. The second-order valence-electron chi connectivity index (χ2n) is 3.81. The van der Waals surface area contributed by atoms with E-state index in [9.17, 15) is 0 Å². The molecule has 1 N–H and O–H groups in total. The third-order valence-electron chi connectivity index (χ3n) is 2.43. The van der Waals surface area contributed by atoms with Gasteiger partial charge in [0.25, 0.3) is 0 Å². The summed E-state index contributed by atoms with van der Waals surface area (Å²) in [7, 11) is 1.87. The molecular formula is C13H11BrCl2N2O. The molecule has 2 rings (SSSR count). The van der Waals surface area contributed by atoms with E-state index < -0.39 is 0 Å². The van der Waals surface area contributed by atoms with Gasteiger partial charge in [-0.15, -0.1) is 0 Å². The molecule has 1 aromatic heterocycles. The van der Waals surface area contributed by atoms with Crippen LogP contribution in [0, 0.1) is 0 Å². The molecule has 0 amide bonds. The van der Waals surface area contributed by atoms with E-state index in [1.165, 1.54) is 0 Å². The van der Waals surface area contributed by atoms with E-state index in [0.717, 1.165) is 10.0 Å². The molecule has 2 aromatic rings. The highest BCUT2D eigenvalue weighted by molar-refractivity contribution is 9.10. The Balaban J connectivity index is 2.33. The molecule has 0 atom stereocenters. The van der Waals surface area contributed by atoms with Crippen LogP contribution in [0.5, 0.6) is 11.5 Å². The SMILES string of the molecule is CNCc1ccncc1Oc1cc(Cl)c(Br)cc1Cl. The number of hydrogen-bond acceptors (Lipinski definition) is 3. The first kappa shape index (κ1) is 14.6. The predicted molar refractivity (Wildman–Crippen MR) is 81.2 cm³/mol. The third-order valence-corrected chi connectivity index (χ3v) is 3.92. The van der Waals surface area contributed by atoms with E-state index in [1.54, 1.807) is 24.5 Å². The Hall–Kier alpha value is -0.810. The summed E-state index contributed by atoms with van der Waals surface area (Å²) < 4.78 is 6.52. The molecule has 1 heterocycles. The number of benzene rings is 1. The largest absolute Gasteiger partial charge is 0.454 e. The molecule has 0 saturated carbocycles. The van der Waals surface area contributed by atoms with Gasteiger partial charge < -0.3 is 10.1 Å². The predicted octanol–water partition coefficient (Wildman–Crippen LogP) is 4.66. The first-order valence-corrected chi connectivity index (χ1v) is 7.06. The summed E-state index contributed by atoms with van der Waals surface area (Å²) in [6.45, 7) is 0.680. The fraction of sp³-hybridized carbons (Fsp3) is 0.154. The monoisotopic (exact) mass is 360 g/mol. The Bertz CT molecular complexity index is 593. The quantitative estimate of drug-likeness (QED) is 0.804. The second kappa shape index (κ2) is 6.57. The van der Waals surface area contributed by atoms with Crippen LogP contribution in [0.25, 0.3) is 0 Å². The number of hydrogen-bond donors (Lipinski definition) is 1. The highest BCUT2D eigenvalue weighted by Crippen LogP contribution is 2.37. The highest BCUT2D eigenvalue weighted by atomic mass is 79.9. The molecule has 0 unspecified atom stereocenters. The average Bonchev–Trinajstić information content (AvgIpc) is 2.38. The molecule has 0 aliphatic carbocycles. The fourth-order valence-corrected chi connectivity index (χ4v) is 2.37. The summed E-state index contributed by atoms with van der Waals surface area (Å²) in [6.07, 6.45) is 3.37. The zero-order chi connectivity index (χ0) is 13.8. The maximum atomic E-state index is 6.13. The van der Waals surface area contributed by atoms with Gasteiger partial charge in [-0.25, -0.2) is 0 Å². The maximum Gasteiger partial charge on any atom is 0.150 e.